The normalized spacial score (nSPS) is 17.9. The van der Waals surface area contributed by atoms with Crippen molar-refractivity contribution in [2.24, 2.45) is 11.7 Å². The van der Waals surface area contributed by atoms with Crippen molar-refractivity contribution in [3.8, 4) is 0 Å². The lowest BCUT2D eigenvalue weighted by molar-refractivity contribution is -0.137. The SMILES string of the molecule is NC(=O)[C@H](CCCCNC(=O)CCCC[C@@H]1SC[C@@H]2NC(=O)N[C@@H]21)NC(=O)CNC(=O)CNC(=O)[C@H](CO)NC(=O)[C@H](Cc1cnc[nH]1)NC(=O)C(CCCc1ccccc1)CC(=O)NO. The van der Waals surface area contributed by atoms with E-state index in [9.17, 15) is 48.3 Å². The molecule has 1 aromatic heterocycles. The molecule has 2 fully saturated rings. The number of thioether (sulfide) groups is 1. The molecule has 362 valence electrons. The number of carbonyl (C=O) groups excluding carboxylic acids is 9. The molecule has 2 aliphatic heterocycles. The Bertz CT molecular complexity index is 1940. The Morgan fingerprint density at radius 2 is 1.55 bits per heavy atom. The molecule has 7 atom stereocenters. The van der Waals surface area contributed by atoms with Gasteiger partial charge in [-0.25, -0.2) is 15.3 Å². The number of primary amides is 1. The van der Waals surface area contributed by atoms with Crippen LogP contribution in [-0.2, 0) is 51.2 Å². The smallest absolute Gasteiger partial charge is 0.315 e. The number of rotatable bonds is 30. The molecule has 2 aliphatic rings. The Balaban J connectivity index is 1.14. The number of unbranched alkanes of at least 4 members (excludes halogenated alkanes) is 2. The number of nitrogens with one attached hydrogen (secondary N) is 10. The molecule has 10 amide bonds. The van der Waals surface area contributed by atoms with Gasteiger partial charge in [-0.15, -0.1) is 0 Å². The molecule has 1 aromatic carbocycles. The number of benzene rings is 1. The van der Waals surface area contributed by atoms with E-state index in [1.54, 1.807) is 0 Å². The highest BCUT2D eigenvalue weighted by Gasteiger charge is 2.42. The first-order chi connectivity index (χ1) is 31.8. The Labute approximate surface area is 385 Å². The summed E-state index contributed by atoms with van der Waals surface area (Å²) < 4.78 is 0. The third-order valence-electron chi connectivity index (χ3n) is 11.1. The van der Waals surface area contributed by atoms with Crippen LogP contribution in [0.15, 0.2) is 42.9 Å². The fraction of sp³-hybridized carbons (Fsp3) is 0.571. The maximum Gasteiger partial charge on any atom is 0.315 e. The Kier molecular flexibility index (Phi) is 22.1. The average Bonchev–Trinajstić information content (AvgIpc) is 4.05. The van der Waals surface area contributed by atoms with E-state index in [0.717, 1.165) is 24.2 Å². The Hall–Kier alpha value is -6.27. The number of urea groups is 1. The van der Waals surface area contributed by atoms with Crippen molar-refractivity contribution in [2.75, 3.05) is 32.0 Å². The zero-order valence-electron chi connectivity index (χ0n) is 36.6. The number of hydrogen-bond acceptors (Lipinski definition) is 13. The molecule has 3 heterocycles. The molecule has 0 bridgehead atoms. The molecule has 0 aliphatic carbocycles. The second-order valence-corrected chi connectivity index (χ2v) is 17.4. The maximum absolute atomic E-state index is 13.5. The summed E-state index contributed by atoms with van der Waals surface area (Å²) in [4.78, 5) is 120. The van der Waals surface area contributed by atoms with Gasteiger partial charge in [0.15, 0.2) is 0 Å². The van der Waals surface area contributed by atoms with Crippen molar-refractivity contribution >= 4 is 65.1 Å². The molecule has 0 radical (unpaired) electrons. The summed E-state index contributed by atoms with van der Waals surface area (Å²) in [6.07, 6.45) is 7.64. The van der Waals surface area contributed by atoms with Gasteiger partial charge in [-0.05, 0) is 56.9 Å². The second-order valence-electron chi connectivity index (χ2n) is 16.1. The third kappa shape index (κ3) is 18.3. The number of nitrogens with zero attached hydrogens (tertiary/aromatic N) is 1. The highest BCUT2D eigenvalue weighted by molar-refractivity contribution is 8.00. The predicted octanol–water partition coefficient (Wildman–Crippen LogP) is -2.34. The fourth-order valence-corrected chi connectivity index (χ4v) is 9.04. The summed E-state index contributed by atoms with van der Waals surface area (Å²) in [7, 11) is 0. The van der Waals surface area contributed by atoms with Crippen LogP contribution in [0.3, 0.4) is 0 Å². The van der Waals surface area contributed by atoms with Crippen LogP contribution in [0, 0.1) is 5.92 Å². The first-order valence-electron chi connectivity index (χ1n) is 22.0. The van der Waals surface area contributed by atoms with Crippen LogP contribution in [0.5, 0.6) is 0 Å². The molecule has 4 rings (SSSR count). The lowest BCUT2D eigenvalue weighted by atomic mass is 9.94. The second kappa shape index (κ2) is 27.9. The van der Waals surface area contributed by atoms with Gasteiger partial charge in [-0.1, -0.05) is 36.8 Å². The summed E-state index contributed by atoms with van der Waals surface area (Å²) in [6, 6.07) is 5.70. The number of fused-ring (bicyclic) bond motifs is 1. The van der Waals surface area contributed by atoms with E-state index >= 15 is 0 Å². The summed E-state index contributed by atoms with van der Waals surface area (Å²) in [5.74, 6) is -5.80. The topological polar surface area (TPSA) is 357 Å². The number of aromatic amines is 1. The number of amides is 10. The van der Waals surface area contributed by atoms with E-state index in [1.807, 2.05) is 42.1 Å². The number of aryl methyl sites for hydroxylation is 1. The first kappa shape index (κ1) is 52.4. The molecule has 0 spiro atoms. The summed E-state index contributed by atoms with van der Waals surface area (Å²) in [6.45, 7) is -1.75. The van der Waals surface area contributed by atoms with Crippen molar-refractivity contribution in [3.05, 3.63) is 54.1 Å². The predicted molar refractivity (Wildman–Crippen MR) is 239 cm³/mol. The van der Waals surface area contributed by atoms with E-state index in [4.69, 9.17) is 10.9 Å². The zero-order chi connectivity index (χ0) is 47.8. The first-order valence-corrected chi connectivity index (χ1v) is 23.0. The minimum atomic E-state index is -1.57. The van der Waals surface area contributed by atoms with Gasteiger partial charge in [-0.2, -0.15) is 11.8 Å². The number of H-pyrrole nitrogens is 1. The van der Waals surface area contributed by atoms with Crippen molar-refractivity contribution in [1.82, 2.24) is 58.0 Å². The third-order valence-corrected chi connectivity index (χ3v) is 12.6. The largest absolute Gasteiger partial charge is 0.394 e. The van der Waals surface area contributed by atoms with Crippen LogP contribution < -0.4 is 53.7 Å². The number of hydrogen-bond donors (Lipinski definition) is 13. The fourth-order valence-electron chi connectivity index (χ4n) is 7.50. The lowest BCUT2D eigenvalue weighted by Crippen LogP contribution is -2.57. The van der Waals surface area contributed by atoms with Crippen LogP contribution in [0.4, 0.5) is 4.79 Å². The van der Waals surface area contributed by atoms with Crippen molar-refractivity contribution < 1.29 is 53.5 Å². The number of aliphatic hydroxyl groups is 1. The van der Waals surface area contributed by atoms with Gasteiger partial charge in [0.2, 0.25) is 47.3 Å². The van der Waals surface area contributed by atoms with Crippen molar-refractivity contribution in [2.45, 2.75) is 113 Å². The summed E-state index contributed by atoms with van der Waals surface area (Å²) in [5.41, 5.74) is 8.45. The van der Waals surface area contributed by atoms with E-state index in [2.05, 4.69) is 52.5 Å². The number of carbonyl (C=O) groups is 9. The number of hydroxylamine groups is 1. The highest BCUT2D eigenvalue weighted by atomic mass is 32.2. The molecular weight excluding hydrogens is 881 g/mol. The number of aromatic nitrogens is 2. The van der Waals surface area contributed by atoms with E-state index in [-0.39, 0.29) is 49.7 Å². The maximum atomic E-state index is 13.5. The minimum Gasteiger partial charge on any atom is -0.394 e. The van der Waals surface area contributed by atoms with Crippen molar-refractivity contribution in [3.63, 3.8) is 0 Å². The van der Waals surface area contributed by atoms with Crippen LogP contribution in [-0.4, -0.2) is 141 Å². The molecule has 66 heavy (non-hydrogen) atoms. The molecule has 2 saturated heterocycles. The van der Waals surface area contributed by atoms with Crippen molar-refractivity contribution in [1.29, 1.82) is 0 Å². The molecule has 0 saturated carbocycles. The molecule has 1 unspecified atom stereocenters. The number of aliphatic hydroxyl groups excluding tert-OH is 1. The van der Waals surface area contributed by atoms with Gasteiger partial charge in [0.1, 0.15) is 18.1 Å². The van der Waals surface area contributed by atoms with E-state index in [1.165, 1.54) is 18.0 Å². The summed E-state index contributed by atoms with van der Waals surface area (Å²) >= 11 is 1.83. The van der Waals surface area contributed by atoms with E-state index in [0.29, 0.717) is 56.0 Å². The van der Waals surface area contributed by atoms with E-state index < -0.39 is 85.1 Å². The zero-order valence-corrected chi connectivity index (χ0v) is 37.4. The molecular formula is C42H62N12O11S. The standard InChI is InChI=1S/C42H62N12O11S/c43-38(60)28(13-6-7-16-45-33(56)15-5-4-14-32-37-31(23-66-32)52-42(64)53-37)49-36(59)21-46-35(58)20-47-40(62)30(22-55)51-41(63)29(18-27-19-44-24-48-27)50-39(61)26(17-34(57)54-65)12-8-11-25-9-2-1-3-10-25/h1-3,9-10,19,24,26,28-32,37,55,65H,4-8,11-18,20-23H2,(H2,43,60)(H,44,48)(H,45,56)(H,46,58)(H,47,62)(H,49,59)(H,50,61)(H,51,63)(H,54,57)(H2,52,53,64)/t26?,28-,29-,30-,31-,32-,37-/m0/s1. The average molecular weight is 943 g/mol. The van der Waals surface area contributed by atoms with Gasteiger partial charge in [0, 0.05) is 54.6 Å². The highest BCUT2D eigenvalue weighted by Crippen LogP contribution is 2.33. The Morgan fingerprint density at radius 1 is 0.788 bits per heavy atom. The monoisotopic (exact) mass is 942 g/mol. The van der Waals surface area contributed by atoms with Gasteiger partial charge in [0.05, 0.1) is 38.1 Å². The van der Waals surface area contributed by atoms with Gasteiger partial charge >= 0.3 is 6.03 Å². The molecule has 14 N–H and O–H groups in total. The quantitative estimate of drug-likeness (QED) is 0.0169. The van der Waals surface area contributed by atoms with Gasteiger partial charge < -0.3 is 58.4 Å². The molecule has 23 nitrogen and oxygen atoms in total. The lowest BCUT2D eigenvalue weighted by Gasteiger charge is -2.24. The summed E-state index contributed by atoms with van der Waals surface area (Å²) in [5, 5.41) is 40.2. The molecule has 2 aromatic rings. The van der Waals surface area contributed by atoms with Crippen LogP contribution in [0.1, 0.15) is 75.5 Å². The molecule has 24 heteroatoms. The minimum absolute atomic E-state index is 0.0918. The number of imidazole rings is 1. The van der Waals surface area contributed by atoms with Gasteiger partial charge in [-0.3, -0.25) is 43.6 Å². The Morgan fingerprint density at radius 3 is 2.26 bits per heavy atom. The van der Waals surface area contributed by atoms with Crippen LogP contribution >= 0.6 is 11.8 Å². The van der Waals surface area contributed by atoms with Crippen LogP contribution in [0.25, 0.3) is 0 Å². The van der Waals surface area contributed by atoms with Crippen LogP contribution in [0.2, 0.25) is 0 Å². The van der Waals surface area contributed by atoms with Gasteiger partial charge in [0.25, 0.3) is 0 Å². The number of nitrogens with two attached hydrogens (primary N) is 1.